The van der Waals surface area contributed by atoms with Gasteiger partial charge in [0, 0.05) is 16.4 Å². The molecule has 0 bridgehead atoms. The molecule has 7 heteroatoms. The molecule has 1 aromatic rings. The SMILES string of the molecule is CCC(C)[C@H](NC(=O)[C@H]1N2C(=O)c3ccccc3C2SC1(C)C)C(=O)NC1CCCC1. The summed E-state index contributed by atoms with van der Waals surface area (Å²) in [7, 11) is 0. The van der Waals surface area contributed by atoms with E-state index in [1.54, 1.807) is 16.7 Å². The molecule has 2 fully saturated rings. The molecule has 2 unspecified atom stereocenters. The molecule has 1 saturated carbocycles. The highest BCUT2D eigenvalue weighted by Crippen LogP contribution is 2.56. The second-order valence-electron chi connectivity index (χ2n) is 9.64. The summed E-state index contributed by atoms with van der Waals surface area (Å²) >= 11 is 1.64. The van der Waals surface area contributed by atoms with Gasteiger partial charge in [0.25, 0.3) is 5.91 Å². The van der Waals surface area contributed by atoms with Gasteiger partial charge in [-0.3, -0.25) is 14.4 Å². The predicted octanol–water partition coefficient (Wildman–Crippen LogP) is 3.62. The van der Waals surface area contributed by atoms with E-state index in [0.717, 1.165) is 37.7 Å². The lowest BCUT2D eigenvalue weighted by molar-refractivity contribution is -0.133. The van der Waals surface area contributed by atoms with E-state index in [0.29, 0.717) is 5.56 Å². The van der Waals surface area contributed by atoms with Gasteiger partial charge in [0.05, 0.1) is 0 Å². The molecule has 0 spiro atoms. The van der Waals surface area contributed by atoms with Gasteiger partial charge in [-0.1, -0.05) is 51.3 Å². The molecular weight excluding hydrogens is 410 g/mol. The largest absolute Gasteiger partial charge is 0.352 e. The maximum atomic E-state index is 13.6. The number of rotatable bonds is 6. The zero-order valence-corrected chi connectivity index (χ0v) is 19.6. The standard InChI is InChI=1S/C24H33N3O3S/c1-5-14(2)18(20(28)25-15-10-6-7-11-15)26-21(29)19-24(3,4)31-23-17-13-9-8-12-16(17)22(30)27(19)23/h8-9,12-15,18-19,23H,5-7,10-11H2,1-4H3,(H,25,28)(H,26,29)/t14?,18-,19+,23?/m0/s1. The van der Waals surface area contributed by atoms with Gasteiger partial charge in [0.1, 0.15) is 17.5 Å². The van der Waals surface area contributed by atoms with E-state index >= 15 is 0 Å². The molecule has 3 aliphatic rings. The van der Waals surface area contributed by atoms with Crippen molar-refractivity contribution < 1.29 is 14.4 Å². The van der Waals surface area contributed by atoms with E-state index in [9.17, 15) is 14.4 Å². The molecule has 1 saturated heterocycles. The van der Waals surface area contributed by atoms with Crippen molar-refractivity contribution in [3.8, 4) is 0 Å². The molecule has 2 N–H and O–H groups in total. The van der Waals surface area contributed by atoms with Crippen molar-refractivity contribution >= 4 is 29.5 Å². The Morgan fingerprint density at radius 2 is 1.90 bits per heavy atom. The van der Waals surface area contributed by atoms with Gasteiger partial charge in [0.15, 0.2) is 0 Å². The number of nitrogens with zero attached hydrogens (tertiary/aromatic N) is 1. The highest BCUT2D eigenvalue weighted by Gasteiger charge is 2.57. The molecule has 2 heterocycles. The second kappa shape index (κ2) is 8.49. The fraction of sp³-hybridized carbons (Fsp3) is 0.625. The minimum atomic E-state index is -0.631. The fourth-order valence-corrected chi connectivity index (χ4v) is 6.69. The number of benzene rings is 1. The molecule has 168 valence electrons. The Bertz CT molecular complexity index is 881. The fourth-order valence-electron chi connectivity index (χ4n) is 5.10. The number of hydrogen-bond acceptors (Lipinski definition) is 4. The summed E-state index contributed by atoms with van der Waals surface area (Å²) in [5.41, 5.74) is 1.64. The lowest BCUT2D eigenvalue weighted by Gasteiger charge is -2.32. The first-order chi connectivity index (χ1) is 14.7. The molecule has 4 atom stereocenters. The van der Waals surface area contributed by atoms with Crippen LogP contribution in [0.2, 0.25) is 0 Å². The first kappa shape index (κ1) is 22.2. The minimum Gasteiger partial charge on any atom is -0.352 e. The van der Waals surface area contributed by atoms with Crippen LogP contribution in [0.4, 0.5) is 0 Å². The average Bonchev–Trinajstić information content (AvgIpc) is 3.41. The summed E-state index contributed by atoms with van der Waals surface area (Å²) in [6.45, 7) is 8.03. The van der Waals surface area contributed by atoms with E-state index in [4.69, 9.17) is 0 Å². The third-order valence-corrected chi connectivity index (χ3v) is 8.57. The molecule has 2 aliphatic heterocycles. The number of carbonyl (C=O) groups excluding carboxylic acids is 3. The van der Waals surface area contributed by atoms with Gasteiger partial charge >= 0.3 is 0 Å². The van der Waals surface area contributed by atoms with E-state index in [1.165, 1.54) is 0 Å². The summed E-state index contributed by atoms with van der Waals surface area (Å²) < 4.78 is -0.458. The highest BCUT2D eigenvalue weighted by molar-refractivity contribution is 8.01. The average molecular weight is 444 g/mol. The molecule has 4 rings (SSSR count). The minimum absolute atomic E-state index is 0.00444. The quantitative estimate of drug-likeness (QED) is 0.704. The Kier molecular flexibility index (Phi) is 6.08. The smallest absolute Gasteiger partial charge is 0.256 e. The van der Waals surface area contributed by atoms with E-state index in [2.05, 4.69) is 10.6 Å². The van der Waals surface area contributed by atoms with Crippen LogP contribution < -0.4 is 10.6 Å². The van der Waals surface area contributed by atoms with Crippen LogP contribution in [0.1, 0.15) is 81.1 Å². The van der Waals surface area contributed by atoms with Crippen LogP contribution in [0.15, 0.2) is 24.3 Å². The number of carbonyl (C=O) groups is 3. The summed E-state index contributed by atoms with van der Waals surface area (Å²) in [5, 5.41) is 6.02. The molecular formula is C24H33N3O3S. The molecule has 6 nitrogen and oxygen atoms in total. The van der Waals surface area contributed by atoms with E-state index in [1.807, 2.05) is 52.0 Å². The van der Waals surface area contributed by atoms with Crippen molar-refractivity contribution in [3.05, 3.63) is 35.4 Å². The number of fused-ring (bicyclic) bond motifs is 3. The maximum absolute atomic E-state index is 13.6. The zero-order chi connectivity index (χ0) is 22.3. The Hall–Kier alpha value is -2.02. The Balaban J connectivity index is 1.55. The van der Waals surface area contributed by atoms with Crippen molar-refractivity contribution in [2.45, 2.75) is 88.0 Å². The van der Waals surface area contributed by atoms with Gasteiger partial charge in [-0.25, -0.2) is 0 Å². The van der Waals surface area contributed by atoms with Crippen LogP contribution in [0.5, 0.6) is 0 Å². The topological polar surface area (TPSA) is 78.5 Å². The Morgan fingerprint density at radius 3 is 2.58 bits per heavy atom. The molecule has 3 amide bonds. The molecule has 1 aliphatic carbocycles. The first-order valence-electron chi connectivity index (χ1n) is 11.4. The van der Waals surface area contributed by atoms with Gasteiger partial charge in [-0.05, 0) is 44.2 Å². The van der Waals surface area contributed by atoms with Crippen LogP contribution >= 0.6 is 11.8 Å². The van der Waals surface area contributed by atoms with E-state index < -0.39 is 16.8 Å². The third-order valence-electron chi connectivity index (χ3n) is 7.04. The summed E-state index contributed by atoms with van der Waals surface area (Å²) in [6, 6.07) is 6.56. The van der Waals surface area contributed by atoms with Gasteiger partial charge in [-0.2, -0.15) is 0 Å². The van der Waals surface area contributed by atoms with Crippen LogP contribution in [0, 0.1) is 5.92 Å². The van der Waals surface area contributed by atoms with Crippen LogP contribution in [-0.4, -0.2) is 45.5 Å². The summed E-state index contributed by atoms with van der Waals surface area (Å²) in [4.78, 5) is 41.5. The third kappa shape index (κ3) is 3.97. The predicted molar refractivity (Wildman–Crippen MR) is 123 cm³/mol. The number of amides is 3. The van der Waals surface area contributed by atoms with Gasteiger partial charge < -0.3 is 15.5 Å². The van der Waals surface area contributed by atoms with Gasteiger partial charge in [-0.15, -0.1) is 11.8 Å². The van der Waals surface area contributed by atoms with Crippen molar-refractivity contribution in [1.82, 2.24) is 15.5 Å². The lowest BCUT2D eigenvalue weighted by Crippen LogP contribution is -2.59. The van der Waals surface area contributed by atoms with Crippen LogP contribution in [0.25, 0.3) is 0 Å². The van der Waals surface area contributed by atoms with Crippen LogP contribution in [0.3, 0.4) is 0 Å². The van der Waals surface area contributed by atoms with Crippen molar-refractivity contribution in [1.29, 1.82) is 0 Å². The Morgan fingerprint density at radius 1 is 1.23 bits per heavy atom. The zero-order valence-electron chi connectivity index (χ0n) is 18.8. The summed E-state index contributed by atoms with van der Waals surface area (Å²) in [5.74, 6) is -0.446. The first-order valence-corrected chi connectivity index (χ1v) is 12.3. The number of nitrogens with one attached hydrogen (secondary N) is 2. The number of thioether (sulfide) groups is 1. The molecule has 31 heavy (non-hydrogen) atoms. The molecule has 0 aromatic heterocycles. The van der Waals surface area contributed by atoms with Gasteiger partial charge in [0.2, 0.25) is 11.8 Å². The normalized spacial score (nSPS) is 26.3. The van der Waals surface area contributed by atoms with Crippen molar-refractivity contribution in [3.63, 3.8) is 0 Å². The van der Waals surface area contributed by atoms with Crippen molar-refractivity contribution in [2.75, 3.05) is 0 Å². The van der Waals surface area contributed by atoms with Crippen molar-refractivity contribution in [2.24, 2.45) is 5.92 Å². The molecule has 0 radical (unpaired) electrons. The molecule has 1 aromatic carbocycles. The van der Waals surface area contributed by atoms with Crippen LogP contribution in [-0.2, 0) is 9.59 Å². The second-order valence-corrected chi connectivity index (χ2v) is 11.4. The van der Waals surface area contributed by atoms with E-state index in [-0.39, 0.29) is 35.1 Å². The maximum Gasteiger partial charge on any atom is 0.256 e. The lowest BCUT2D eigenvalue weighted by atomic mass is 9.95. The summed E-state index contributed by atoms with van der Waals surface area (Å²) in [6.07, 6.45) is 5.06. The highest BCUT2D eigenvalue weighted by atomic mass is 32.2. The number of hydrogen-bond donors (Lipinski definition) is 2. The Labute approximate surface area is 188 Å². The monoisotopic (exact) mass is 443 g/mol.